The van der Waals surface area contributed by atoms with Gasteiger partial charge in [0.15, 0.2) is 5.96 Å². The van der Waals surface area contributed by atoms with Gasteiger partial charge in [-0.1, -0.05) is 27.7 Å². The third kappa shape index (κ3) is 8.37. The Balaban J connectivity index is 0.00000676. The van der Waals surface area contributed by atoms with Crippen LogP contribution < -0.4 is 10.6 Å². The highest BCUT2D eigenvalue weighted by molar-refractivity contribution is 14.0. The molecule has 0 aliphatic carbocycles. The second-order valence-corrected chi connectivity index (χ2v) is 6.84. The Morgan fingerprint density at radius 3 is 2.37 bits per heavy atom. The van der Waals surface area contributed by atoms with Gasteiger partial charge in [0.05, 0.1) is 5.69 Å². The van der Waals surface area contributed by atoms with E-state index in [2.05, 4.69) is 60.2 Å². The highest BCUT2D eigenvalue weighted by Crippen LogP contribution is 2.15. The minimum atomic E-state index is 0. The third-order valence-electron chi connectivity index (χ3n) is 5.07. The molecule has 0 amide bonds. The fourth-order valence-corrected chi connectivity index (χ4v) is 3.43. The van der Waals surface area contributed by atoms with Crippen LogP contribution in [0.5, 0.6) is 0 Å². The molecule has 1 rings (SSSR count). The molecule has 27 heavy (non-hydrogen) atoms. The lowest BCUT2D eigenvalue weighted by atomic mass is 10.1. The fourth-order valence-electron chi connectivity index (χ4n) is 3.43. The second-order valence-electron chi connectivity index (χ2n) is 6.84. The van der Waals surface area contributed by atoms with Gasteiger partial charge in [-0.3, -0.25) is 9.67 Å². The van der Waals surface area contributed by atoms with E-state index in [0.717, 1.165) is 44.9 Å². The molecule has 1 atom stereocenters. The Bertz CT molecular complexity index is 551. The number of aryl methyl sites for hydroxylation is 2. The van der Waals surface area contributed by atoms with Gasteiger partial charge in [-0.15, -0.1) is 24.0 Å². The summed E-state index contributed by atoms with van der Waals surface area (Å²) in [5, 5.41) is 11.6. The highest BCUT2D eigenvalue weighted by atomic mass is 127. The van der Waals surface area contributed by atoms with Crippen LogP contribution in [0.1, 0.15) is 64.4 Å². The summed E-state index contributed by atoms with van der Waals surface area (Å²) in [6.07, 6.45) is 4.30. The lowest BCUT2D eigenvalue weighted by Crippen LogP contribution is -2.42. The first kappa shape index (κ1) is 26.2. The Morgan fingerprint density at radius 2 is 1.85 bits per heavy atom. The molecule has 0 radical (unpaired) electrons. The summed E-state index contributed by atoms with van der Waals surface area (Å²) in [4.78, 5) is 6.87. The number of halogens is 1. The van der Waals surface area contributed by atoms with Crippen LogP contribution in [0, 0.1) is 0 Å². The minimum Gasteiger partial charge on any atom is -0.354 e. The Morgan fingerprint density at radius 1 is 1.19 bits per heavy atom. The van der Waals surface area contributed by atoms with Crippen molar-refractivity contribution in [2.75, 3.05) is 26.7 Å². The van der Waals surface area contributed by atoms with E-state index in [4.69, 9.17) is 0 Å². The summed E-state index contributed by atoms with van der Waals surface area (Å²) in [5.74, 6) is 0.869. The topological polar surface area (TPSA) is 57.5 Å². The van der Waals surface area contributed by atoms with Crippen molar-refractivity contribution < 1.29 is 0 Å². The second kappa shape index (κ2) is 14.2. The van der Waals surface area contributed by atoms with Crippen LogP contribution in [0.15, 0.2) is 4.99 Å². The van der Waals surface area contributed by atoms with E-state index in [1.807, 2.05) is 18.8 Å². The van der Waals surface area contributed by atoms with Crippen molar-refractivity contribution in [2.45, 2.75) is 72.9 Å². The first-order valence-corrected chi connectivity index (χ1v) is 10.2. The van der Waals surface area contributed by atoms with E-state index < -0.39 is 0 Å². The van der Waals surface area contributed by atoms with Crippen molar-refractivity contribution in [3.63, 3.8) is 0 Å². The van der Waals surface area contributed by atoms with Gasteiger partial charge in [-0.25, -0.2) is 0 Å². The SMILES string of the molecule is CCc1nn(C)c(CC)c1CNC(=NC)NC(C)CCCN(CC)CC.I. The molecule has 158 valence electrons. The predicted molar refractivity (Wildman–Crippen MR) is 127 cm³/mol. The standard InChI is InChI=1S/C20H40N6.HI/c1-8-18-17(19(9-2)25(7)24-18)15-22-20(21-6)23-16(5)13-12-14-26(10-3)11-4;/h16H,8-15H2,1-7H3,(H2,21,22,23);1H. The molecule has 0 aromatic carbocycles. The molecule has 0 aliphatic heterocycles. The van der Waals surface area contributed by atoms with E-state index in [0.29, 0.717) is 6.04 Å². The number of aliphatic imine (C=N–C) groups is 1. The number of hydrogen-bond donors (Lipinski definition) is 2. The molecule has 0 saturated carbocycles. The zero-order valence-corrected chi connectivity index (χ0v) is 20.8. The van der Waals surface area contributed by atoms with Gasteiger partial charge in [0.2, 0.25) is 0 Å². The molecule has 1 aromatic rings. The molecule has 0 bridgehead atoms. The van der Waals surface area contributed by atoms with Crippen molar-refractivity contribution in [1.29, 1.82) is 0 Å². The normalized spacial score (nSPS) is 12.8. The maximum atomic E-state index is 4.65. The van der Waals surface area contributed by atoms with Gasteiger partial charge in [-0.2, -0.15) is 5.10 Å². The largest absolute Gasteiger partial charge is 0.354 e. The van der Waals surface area contributed by atoms with Gasteiger partial charge in [0.1, 0.15) is 0 Å². The Hall–Kier alpha value is -0.830. The van der Waals surface area contributed by atoms with E-state index in [9.17, 15) is 0 Å². The fraction of sp³-hybridized carbons (Fsp3) is 0.800. The van der Waals surface area contributed by atoms with Crippen LogP contribution in [-0.4, -0.2) is 53.4 Å². The lowest BCUT2D eigenvalue weighted by Gasteiger charge is -2.21. The number of rotatable bonds is 11. The molecule has 1 unspecified atom stereocenters. The molecule has 7 heteroatoms. The Labute approximate surface area is 183 Å². The molecular weight excluding hydrogens is 451 g/mol. The minimum absolute atomic E-state index is 0. The van der Waals surface area contributed by atoms with Gasteiger partial charge in [-0.05, 0) is 52.2 Å². The maximum Gasteiger partial charge on any atom is 0.191 e. The molecule has 1 heterocycles. The summed E-state index contributed by atoms with van der Waals surface area (Å²) in [6, 6.07) is 0.405. The van der Waals surface area contributed by atoms with Gasteiger partial charge in [0, 0.05) is 37.9 Å². The summed E-state index contributed by atoms with van der Waals surface area (Å²) in [7, 11) is 3.87. The summed E-state index contributed by atoms with van der Waals surface area (Å²) < 4.78 is 2.02. The summed E-state index contributed by atoms with van der Waals surface area (Å²) >= 11 is 0. The van der Waals surface area contributed by atoms with Gasteiger partial charge < -0.3 is 15.5 Å². The van der Waals surface area contributed by atoms with E-state index in [-0.39, 0.29) is 24.0 Å². The van der Waals surface area contributed by atoms with Crippen molar-refractivity contribution in [3.8, 4) is 0 Å². The van der Waals surface area contributed by atoms with Crippen LogP contribution in [0.2, 0.25) is 0 Å². The van der Waals surface area contributed by atoms with E-state index in [1.165, 1.54) is 29.9 Å². The number of nitrogens with zero attached hydrogens (tertiary/aromatic N) is 4. The van der Waals surface area contributed by atoms with Gasteiger partial charge in [0.25, 0.3) is 0 Å². The average molecular weight is 492 g/mol. The molecule has 0 spiro atoms. The monoisotopic (exact) mass is 492 g/mol. The highest BCUT2D eigenvalue weighted by Gasteiger charge is 2.14. The maximum absolute atomic E-state index is 4.65. The molecule has 0 fully saturated rings. The number of nitrogens with one attached hydrogen (secondary N) is 2. The summed E-state index contributed by atoms with van der Waals surface area (Å²) in [5.41, 5.74) is 3.80. The average Bonchev–Trinajstić information content (AvgIpc) is 2.96. The molecule has 0 aliphatic rings. The molecule has 0 saturated heterocycles. The Kier molecular flexibility index (Phi) is 13.8. The quantitative estimate of drug-likeness (QED) is 0.283. The summed E-state index contributed by atoms with van der Waals surface area (Å²) in [6.45, 7) is 15.2. The zero-order valence-electron chi connectivity index (χ0n) is 18.4. The van der Waals surface area contributed by atoms with Crippen LogP contribution in [0.3, 0.4) is 0 Å². The molecular formula is C20H41IN6. The number of aromatic nitrogens is 2. The van der Waals surface area contributed by atoms with E-state index >= 15 is 0 Å². The molecule has 2 N–H and O–H groups in total. The first-order chi connectivity index (χ1) is 12.5. The first-order valence-electron chi connectivity index (χ1n) is 10.2. The van der Waals surface area contributed by atoms with Crippen LogP contribution >= 0.6 is 24.0 Å². The molecule has 1 aromatic heterocycles. The van der Waals surface area contributed by atoms with Crippen LogP contribution in [0.25, 0.3) is 0 Å². The lowest BCUT2D eigenvalue weighted by molar-refractivity contribution is 0.292. The molecule has 6 nitrogen and oxygen atoms in total. The van der Waals surface area contributed by atoms with Crippen molar-refractivity contribution in [1.82, 2.24) is 25.3 Å². The van der Waals surface area contributed by atoms with E-state index in [1.54, 1.807) is 0 Å². The van der Waals surface area contributed by atoms with Gasteiger partial charge >= 0.3 is 0 Å². The van der Waals surface area contributed by atoms with Crippen molar-refractivity contribution >= 4 is 29.9 Å². The van der Waals surface area contributed by atoms with Crippen LogP contribution in [0.4, 0.5) is 0 Å². The predicted octanol–water partition coefficient (Wildman–Crippen LogP) is 3.34. The van der Waals surface area contributed by atoms with Crippen molar-refractivity contribution in [2.24, 2.45) is 12.0 Å². The third-order valence-corrected chi connectivity index (χ3v) is 5.07. The smallest absolute Gasteiger partial charge is 0.191 e. The zero-order chi connectivity index (χ0) is 19.5. The number of hydrogen-bond acceptors (Lipinski definition) is 3. The van der Waals surface area contributed by atoms with Crippen LogP contribution in [-0.2, 0) is 26.4 Å². The number of guanidine groups is 1. The van der Waals surface area contributed by atoms with Crippen molar-refractivity contribution in [3.05, 3.63) is 17.0 Å².